The van der Waals surface area contributed by atoms with E-state index >= 15 is 0 Å². The Bertz CT molecular complexity index is 1380. The summed E-state index contributed by atoms with van der Waals surface area (Å²) in [4.78, 5) is 40.4. The number of hydrogen-bond acceptors (Lipinski definition) is 6. The summed E-state index contributed by atoms with van der Waals surface area (Å²) in [5.74, 6) is -1.97. The maximum atomic E-state index is 13.5. The lowest BCUT2D eigenvalue weighted by molar-refractivity contribution is -0.152. The fourth-order valence-corrected chi connectivity index (χ4v) is 5.79. The molecule has 0 spiro atoms. The van der Waals surface area contributed by atoms with Crippen LogP contribution in [0.3, 0.4) is 0 Å². The standard InChI is InChI=1S/C31H31BrN2O6/c1-19(2)40-28(35)27-15-31(29(36)37,33-16-20-11-13-21(32)14-12-20)18-34(27)30(38)39-17-26-24-9-5-3-7-22(24)23-8-4-6-10-25(23)26/h3-14,19,26-27,33H,15-18H2,1-2H3,(H,36,37). The van der Waals surface area contributed by atoms with Crippen molar-refractivity contribution in [2.24, 2.45) is 0 Å². The van der Waals surface area contributed by atoms with Crippen molar-refractivity contribution in [1.82, 2.24) is 10.2 Å². The first-order valence-electron chi connectivity index (χ1n) is 13.2. The van der Waals surface area contributed by atoms with E-state index in [0.717, 1.165) is 32.3 Å². The fraction of sp³-hybridized carbons (Fsp3) is 0.323. The number of aliphatic carboxylic acids is 1. The molecule has 5 rings (SSSR count). The van der Waals surface area contributed by atoms with E-state index in [0.29, 0.717) is 0 Å². The molecular weight excluding hydrogens is 576 g/mol. The van der Waals surface area contributed by atoms with Crippen molar-refractivity contribution in [1.29, 1.82) is 0 Å². The molecule has 40 heavy (non-hydrogen) atoms. The number of nitrogens with zero attached hydrogens (tertiary/aromatic N) is 1. The molecule has 2 N–H and O–H groups in total. The van der Waals surface area contributed by atoms with Gasteiger partial charge in [-0.3, -0.25) is 15.0 Å². The van der Waals surface area contributed by atoms with Crippen LogP contribution in [0, 0.1) is 0 Å². The van der Waals surface area contributed by atoms with Gasteiger partial charge in [0.25, 0.3) is 0 Å². The highest BCUT2D eigenvalue weighted by Gasteiger charge is 2.54. The second-order valence-corrected chi connectivity index (χ2v) is 11.4. The van der Waals surface area contributed by atoms with Gasteiger partial charge in [0.05, 0.1) is 12.6 Å². The molecule has 0 bridgehead atoms. The zero-order valence-electron chi connectivity index (χ0n) is 22.3. The van der Waals surface area contributed by atoms with Crippen molar-refractivity contribution in [3.8, 4) is 11.1 Å². The van der Waals surface area contributed by atoms with Crippen LogP contribution >= 0.6 is 15.9 Å². The number of ether oxygens (including phenoxy) is 2. The predicted octanol–water partition coefficient (Wildman–Crippen LogP) is 5.34. The number of amides is 1. The molecule has 208 valence electrons. The number of hydrogen-bond donors (Lipinski definition) is 2. The summed E-state index contributed by atoms with van der Waals surface area (Å²) >= 11 is 3.40. The van der Waals surface area contributed by atoms with Gasteiger partial charge in [-0.1, -0.05) is 76.6 Å². The molecule has 2 aliphatic rings. The molecule has 3 aromatic rings. The molecule has 9 heteroatoms. The Morgan fingerprint density at radius 3 is 2.17 bits per heavy atom. The smallest absolute Gasteiger partial charge is 0.410 e. The third-order valence-corrected chi connectivity index (χ3v) is 8.04. The molecular formula is C31H31BrN2O6. The first-order valence-corrected chi connectivity index (χ1v) is 14.0. The third kappa shape index (κ3) is 5.48. The third-order valence-electron chi connectivity index (χ3n) is 7.51. The van der Waals surface area contributed by atoms with Crippen molar-refractivity contribution in [2.75, 3.05) is 13.2 Å². The van der Waals surface area contributed by atoms with Crippen molar-refractivity contribution < 1.29 is 29.0 Å². The highest BCUT2D eigenvalue weighted by molar-refractivity contribution is 9.10. The molecule has 0 saturated carbocycles. The Morgan fingerprint density at radius 2 is 1.60 bits per heavy atom. The van der Waals surface area contributed by atoms with Gasteiger partial charge in [-0.05, 0) is 53.8 Å². The van der Waals surface area contributed by atoms with Gasteiger partial charge < -0.3 is 14.6 Å². The van der Waals surface area contributed by atoms with Gasteiger partial charge in [-0.25, -0.2) is 9.59 Å². The summed E-state index contributed by atoms with van der Waals surface area (Å²) in [5.41, 5.74) is 3.62. The van der Waals surface area contributed by atoms with Gasteiger partial charge in [0.2, 0.25) is 0 Å². The minimum absolute atomic E-state index is 0.0572. The zero-order chi connectivity index (χ0) is 28.4. The van der Waals surface area contributed by atoms with Gasteiger partial charge in [-0.15, -0.1) is 0 Å². The minimum Gasteiger partial charge on any atom is -0.480 e. The number of carbonyl (C=O) groups is 3. The topological polar surface area (TPSA) is 105 Å². The number of esters is 1. The Balaban J connectivity index is 1.36. The predicted molar refractivity (Wildman–Crippen MR) is 153 cm³/mol. The first-order chi connectivity index (χ1) is 19.2. The van der Waals surface area contributed by atoms with Crippen LogP contribution in [-0.2, 0) is 25.6 Å². The van der Waals surface area contributed by atoms with Crippen molar-refractivity contribution >= 4 is 34.0 Å². The second-order valence-electron chi connectivity index (χ2n) is 10.5. The van der Waals surface area contributed by atoms with Crippen molar-refractivity contribution in [2.45, 2.75) is 50.4 Å². The number of carboxylic acids is 1. The number of rotatable bonds is 8. The SMILES string of the molecule is CC(C)OC(=O)C1CC(NCc2ccc(Br)cc2)(C(=O)O)CN1C(=O)OCC1c2ccccc2-c2ccccc21. The van der Waals surface area contributed by atoms with Crippen molar-refractivity contribution in [3.63, 3.8) is 0 Å². The van der Waals surface area contributed by atoms with Crippen molar-refractivity contribution in [3.05, 3.63) is 94.0 Å². The summed E-state index contributed by atoms with van der Waals surface area (Å²) in [6, 6.07) is 22.4. The molecule has 8 nitrogen and oxygen atoms in total. The number of halogens is 1. The maximum Gasteiger partial charge on any atom is 0.410 e. The molecule has 2 unspecified atom stereocenters. The van der Waals surface area contributed by atoms with E-state index in [-0.39, 0.29) is 32.0 Å². The van der Waals surface area contributed by atoms with E-state index < -0.39 is 35.7 Å². The summed E-state index contributed by atoms with van der Waals surface area (Å²) in [7, 11) is 0. The van der Waals surface area contributed by atoms with Crippen LogP contribution in [0.5, 0.6) is 0 Å². The number of nitrogens with one attached hydrogen (secondary N) is 1. The maximum absolute atomic E-state index is 13.5. The quantitative estimate of drug-likeness (QED) is 0.334. The number of carbonyl (C=O) groups excluding carboxylic acids is 2. The fourth-order valence-electron chi connectivity index (χ4n) is 5.53. The summed E-state index contributed by atoms with van der Waals surface area (Å²) in [6.45, 7) is 3.47. The van der Waals surface area contributed by atoms with E-state index in [2.05, 4.69) is 21.2 Å². The Morgan fingerprint density at radius 1 is 1.00 bits per heavy atom. The Hall–Kier alpha value is -3.69. The van der Waals surface area contributed by atoms with Crippen LogP contribution < -0.4 is 5.32 Å². The number of benzene rings is 3. The van der Waals surface area contributed by atoms with E-state index in [1.165, 1.54) is 4.90 Å². The largest absolute Gasteiger partial charge is 0.480 e. The molecule has 1 saturated heterocycles. The van der Waals surface area contributed by atoms with E-state index in [1.54, 1.807) is 13.8 Å². The molecule has 0 radical (unpaired) electrons. The summed E-state index contributed by atoms with van der Waals surface area (Å²) < 4.78 is 12.1. The molecule has 2 atom stereocenters. The average Bonchev–Trinajstić information content (AvgIpc) is 3.49. The molecule has 1 aliphatic heterocycles. The van der Waals surface area contributed by atoms with Crippen LogP contribution in [0.4, 0.5) is 4.79 Å². The Labute approximate surface area is 241 Å². The van der Waals surface area contributed by atoms with E-state index in [1.807, 2.05) is 72.8 Å². The molecule has 1 amide bonds. The van der Waals surface area contributed by atoms with Gasteiger partial charge >= 0.3 is 18.0 Å². The van der Waals surface area contributed by atoms with Gasteiger partial charge in [0.1, 0.15) is 18.2 Å². The second kappa shape index (κ2) is 11.4. The van der Waals surface area contributed by atoms with Gasteiger partial charge in [0.15, 0.2) is 0 Å². The highest BCUT2D eigenvalue weighted by atomic mass is 79.9. The van der Waals surface area contributed by atoms with E-state index in [9.17, 15) is 19.5 Å². The number of fused-ring (bicyclic) bond motifs is 3. The lowest BCUT2D eigenvalue weighted by Gasteiger charge is -2.26. The molecule has 1 aliphatic carbocycles. The van der Waals surface area contributed by atoms with Crippen LogP contribution in [-0.4, -0.2) is 58.9 Å². The lowest BCUT2D eigenvalue weighted by atomic mass is 9.95. The Kier molecular flexibility index (Phi) is 7.96. The lowest BCUT2D eigenvalue weighted by Crippen LogP contribution is -2.54. The van der Waals surface area contributed by atoms with Crippen LogP contribution in [0.25, 0.3) is 11.1 Å². The minimum atomic E-state index is -1.56. The van der Waals surface area contributed by atoms with Gasteiger partial charge in [-0.2, -0.15) is 0 Å². The van der Waals surface area contributed by atoms with Crippen LogP contribution in [0.2, 0.25) is 0 Å². The molecule has 3 aromatic carbocycles. The van der Waals surface area contributed by atoms with E-state index in [4.69, 9.17) is 9.47 Å². The zero-order valence-corrected chi connectivity index (χ0v) is 23.9. The normalized spacial score (nSPS) is 19.8. The highest BCUT2D eigenvalue weighted by Crippen LogP contribution is 2.44. The van der Waals surface area contributed by atoms with Gasteiger partial charge in [0, 0.05) is 23.4 Å². The monoisotopic (exact) mass is 606 g/mol. The van der Waals surface area contributed by atoms with Crippen LogP contribution in [0.15, 0.2) is 77.3 Å². The average molecular weight is 608 g/mol. The molecule has 0 aromatic heterocycles. The molecule has 1 heterocycles. The first kappa shape index (κ1) is 27.9. The number of carboxylic acid groups (broad SMARTS) is 1. The summed E-state index contributed by atoms with van der Waals surface area (Å²) in [6.07, 6.45) is -1.32. The molecule has 1 fully saturated rings. The summed E-state index contributed by atoms with van der Waals surface area (Å²) in [5, 5.41) is 13.4. The van der Waals surface area contributed by atoms with Crippen LogP contribution in [0.1, 0.15) is 42.9 Å². The number of likely N-dealkylation sites (tertiary alicyclic amines) is 1.